The Labute approximate surface area is 93.0 Å². The van der Waals surface area contributed by atoms with Gasteiger partial charge in [-0.1, -0.05) is 19.8 Å². The highest BCUT2D eigenvalue weighted by atomic mass is 16.2. The maximum Gasteiger partial charge on any atom is 0.237 e. The lowest BCUT2D eigenvalue weighted by atomic mass is 10.2. The molecule has 2 unspecified atom stereocenters. The highest BCUT2D eigenvalue weighted by Gasteiger charge is 2.21. The van der Waals surface area contributed by atoms with E-state index in [4.69, 9.17) is 0 Å². The molecule has 1 amide bonds. The predicted octanol–water partition coefficient (Wildman–Crippen LogP) is 1.68. The number of hydrogen-bond donors (Lipinski definition) is 2. The van der Waals surface area contributed by atoms with E-state index in [1.807, 2.05) is 13.8 Å². The molecule has 0 saturated heterocycles. The van der Waals surface area contributed by atoms with Crippen LogP contribution < -0.4 is 10.6 Å². The van der Waals surface area contributed by atoms with Crippen molar-refractivity contribution in [3.05, 3.63) is 0 Å². The molecule has 0 aromatic heterocycles. The van der Waals surface area contributed by atoms with Gasteiger partial charge in [-0.05, 0) is 39.2 Å². The maximum absolute atomic E-state index is 11.6. The van der Waals surface area contributed by atoms with E-state index >= 15 is 0 Å². The molecule has 0 radical (unpaired) electrons. The van der Waals surface area contributed by atoms with Gasteiger partial charge in [0.15, 0.2) is 0 Å². The summed E-state index contributed by atoms with van der Waals surface area (Å²) in [5.74, 6) is 1.06. The summed E-state index contributed by atoms with van der Waals surface area (Å²) in [6, 6.07) is 0.225. The molecule has 0 spiro atoms. The van der Waals surface area contributed by atoms with Crippen LogP contribution in [0.5, 0.6) is 0 Å². The molecule has 1 aliphatic carbocycles. The Balaban J connectivity index is 2.08. The summed E-state index contributed by atoms with van der Waals surface area (Å²) < 4.78 is 0. The summed E-state index contributed by atoms with van der Waals surface area (Å²) in [5.41, 5.74) is 0. The monoisotopic (exact) mass is 212 g/mol. The minimum absolute atomic E-state index is 0.0576. The van der Waals surface area contributed by atoms with Gasteiger partial charge in [-0.25, -0.2) is 0 Å². The van der Waals surface area contributed by atoms with Crippen LogP contribution in [0.4, 0.5) is 0 Å². The van der Waals surface area contributed by atoms with E-state index in [0.29, 0.717) is 0 Å². The van der Waals surface area contributed by atoms with Crippen molar-refractivity contribution in [1.29, 1.82) is 0 Å². The van der Waals surface area contributed by atoms with Gasteiger partial charge in [0.2, 0.25) is 5.91 Å². The largest absolute Gasteiger partial charge is 0.352 e. The minimum Gasteiger partial charge on any atom is -0.352 e. The average Bonchev–Trinajstić information content (AvgIpc) is 3.01. The van der Waals surface area contributed by atoms with Crippen LogP contribution in [0.15, 0.2) is 0 Å². The van der Waals surface area contributed by atoms with E-state index in [-0.39, 0.29) is 18.0 Å². The first-order valence-electron chi connectivity index (χ1n) is 6.17. The summed E-state index contributed by atoms with van der Waals surface area (Å²) in [6.45, 7) is 7.02. The van der Waals surface area contributed by atoms with Gasteiger partial charge in [0.1, 0.15) is 0 Å². The van der Waals surface area contributed by atoms with E-state index in [1.165, 1.54) is 19.3 Å². The van der Waals surface area contributed by atoms with Gasteiger partial charge in [0.05, 0.1) is 6.04 Å². The molecule has 88 valence electrons. The highest BCUT2D eigenvalue weighted by Crippen LogP contribution is 2.31. The molecule has 0 aromatic carbocycles. The summed E-state index contributed by atoms with van der Waals surface area (Å²) in [7, 11) is 0. The number of hydrogen-bond acceptors (Lipinski definition) is 2. The van der Waals surface area contributed by atoms with Crippen molar-refractivity contribution in [2.45, 2.75) is 58.5 Å². The normalized spacial score (nSPS) is 19.7. The minimum atomic E-state index is -0.0576. The zero-order valence-corrected chi connectivity index (χ0v) is 10.2. The zero-order chi connectivity index (χ0) is 11.3. The fourth-order valence-corrected chi connectivity index (χ4v) is 1.47. The predicted molar refractivity (Wildman–Crippen MR) is 62.7 cm³/mol. The third-order valence-electron chi connectivity index (χ3n) is 3.09. The van der Waals surface area contributed by atoms with Crippen LogP contribution in [-0.4, -0.2) is 24.5 Å². The summed E-state index contributed by atoms with van der Waals surface area (Å²) in [5, 5.41) is 6.25. The molecule has 0 bridgehead atoms. The number of carbonyl (C=O) groups excluding carboxylic acids is 1. The fraction of sp³-hybridized carbons (Fsp3) is 0.917. The van der Waals surface area contributed by atoms with Crippen LogP contribution >= 0.6 is 0 Å². The van der Waals surface area contributed by atoms with Gasteiger partial charge in [-0.2, -0.15) is 0 Å². The number of rotatable bonds is 7. The quantitative estimate of drug-likeness (QED) is 0.674. The van der Waals surface area contributed by atoms with Crippen molar-refractivity contribution in [1.82, 2.24) is 10.6 Å². The molecule has 3 heteroatoms. The molecule has 15 heavy (non-hydrogen) atoms. The van der Waals surface area contributed by atoms with Crippen molar-refractivity contribution in [2.75, 3.05) is 6.54 Å². The Bertz CT molecular complexity index is 202. The van der Waals surface area contributed by atoms with E-state index in [0.717, 1.165) is 18.9 Å². The first-order valence-corrected chi connectivity index (χ1v) is 6.17. The Kier molecular flexibility index (Phi) is 5.09. The molecular formula is C12H24N2O. The van der Waals surface area contributed by atoms with Crippen LogP contribution in [0.1, 0.15) is 46.5 Å². The standard InChI is InChI=1S/C12H24N2O/c1-4-9(2)14-12(15)10(3)13-8-7-11-5-6-11/h9-11,13H,4-8H2,1-3H3,(H,14,15). The van der Waals surface area contributed by atoms with Crippen molar-refractivity contribution in [2.24, 2.45) is 5.92 Å². The van der Waals surface area contributed by atoms with Crippen molar-refractivity contribution >= 4 is 5.91 Å². The smallest absolute Gasteiger partial charge is 0.237 e. The molecule has 3 nitrogen and oxygen atoms in total. The molecule has 2 atom stereocenters. The van der Waals surface area contributed by atoms with Crippen LogP contribution in [0, 0.1) is 5.92 Å². The number of carbonyl (C=O) groups is 1. The molecule has 1 fully saturated rings. The van der Waals surface area contributed by atoms with Crippen LogP contribution in [0.3, 0.4) is 0 Å². The number of amides is 1. The van der Waals surface area contributed by atoms with E-state index in [2.05, 4.69) is 17.6 Å². The second kappa shape index (κ2) is 6.11. The molecular weight excluding hydrogens is 188 g/mol. The Morgan fingerprint density at radius 1 is 1.40 bits per heavy atom. The Morgan fingerprint density at radius 3 is 2.60 bits per heavy atom. The lowest BCUT2D eigenvalue weighted by molar-refractivity contribution is -0.123. The van der Waals surface area contributed by atoms with Gasteiger partial charge in [-0.15, -0.1) is 0 Å². The lowest BCUT2D eigenvalue weighted by Crippen LogP contribution is -2.45. The van der Waals surface area contributed by atoms with Gasteiger partial charge in [0, 0.05) is 6.04 Å². The van der Waals surface area contributed by atoms with Crippen LogP contribution in [-0.2, 0) is 4.79 Å². The topological polar surface area (TPSA) is 41.1 Å². The molecule has 1 saturated carbocycles. The Hall–Kier alpha value is -0.570. The molecule has 0 aromatic rings. The second-order valence-electron chi connectivity index (χ2n) is 4.73. The fourth-order valence-electron chi connectivity index (χ4n) is 1.47. The molecule has 2 N–H and O–H groups in total. The van der Waals surface area contributed by atoms with Crippen molar-refractivity contribution in [3.8, 4) is 0 Å². The van der Waals surface area contributed by atoms with E-state index < -0.39 is 0 Å². The Morgan fingerprint density at radius 2 is 2.07 bits per heavy atom. The third kappa shape index (κ3) is 5.17. The van der Waals surface area contributed by atoms with Gasteiger partial charge >= 0.3 is 0 Å². The summed E-state index contributed by atoms with van der Waals surface area (Å²) in [6.07, 6.45) is 4.98. The van der Waals surface area contributed by atoms with Gasteiger partial charge in [-0.3, -0.25) is 4.79 Å². The van der Waals surface area contributed by atoms with E-state index in [1.54, 1.807) is 0 Å². The van der Waals surface area contributed by atoms with Crippen LogP contribution in [0.2, 0.25) is 0 Å². The van der Waals surface area contributed by atoms with Crippen LogP contribution in [0.25, 0.3) is 0 Å². The summed E-state index contributed by atoms with van der Waals surface area (Å²) in [4.78, 5) is 11.6. The van der Waals surface area contributed by atoms with Gasteiger partial charge in [0.25, 0.3) is 0 Å². The third-order valence-corrected chi connectivity index (χ3v) is 3.09. The SMILES string of the molecule is CCC(C)NC(=O)C(C)NCCC1CC1. The first kappa shape index (κ1) is 12.5. The molecule has 0 aliphatic heterocycles. The zero-order valence-electron chi connectivity index (χ0n) is 10.2. The summed E-state index contributed by atoms with van der Waals surface area (Å²) >= 11 is 0. The average molecular weight is 212 g/mol. The molecule has 1 rings (SSSR count). The van der Waals surface area contributed by atoms with Crippen molar-refractivity contribution in [3.63, 3.8) is 0 Å². The van der Waals surface area contributed by atoms with Gasteiger partial charge < -0.3 is 10.6 Å². The lowest BCUT2D eigenvalue weighted by Gasteiger charge is -2.17. The second-order valence-corrected chi connectivity index (χ2v) is 4.73. The van der Waals surface area contributed by atoms with E-state index in [9.17, 15) is 4.79 Å². The number of nitrogens with one attached hydrogen (secondary N) is 2. The highest BCUT2D eigenvalue weighted by molar-refractivity contribution is 5.81. The maximum atomic E-state index is 11.6. The first-order chi connectivity index (χ1) is 7.13. The molecule has 1 aliphatic rings. The van der Waals surface area contributed by atoms with Crippen molar-refractivity contribution < 1.29 is 4.79 Å². The molecule has 0 heterocycles.